The van der Waals surface area contributed by atoms with Gasteiger partial charge in [-0.25, -0.2) is 4.98 Å². The maximum Gasteiger partial charge on any atom is 0.271 e. The standard InChI is InChI=1S/C16H17N2S/c1-10-8-11(2)12(3)13(9-10)16-18(4)14-6-5-7-17-15(14)19-16/h5-9H,1-4H3/q+1. The summed E-state index contributed by atoms with van der Waals surface area (Å²) < 4.78 is 2.24. The normalized spacial score (nSPS) is 11.2. The largest absolute Gasteiger partial charge is 0.271 e. The Morgan fingerprint density at radius 3 is 2.68 bits per heavy atom. The molecule has 0 bridgehead atoms. The number of hydrogen-bond donors (Lipinski definition) is 0. The molecule has 0 amide bonds. The predicted molar refractivity (Wildman–Crippen MR) is 80.4 cm³/mol. The molecule has 0 unspecified atom stereocenters. The van der Waals surface area contributed by atoms with Crippen molar-refractivity contribution in [3.8, 4) is 10.6 Å². The van der Waals surface area contributed by atoms with E-state index in [0.29, 0.717) is 0 Å². The Hall–Kier alpha value is -1.74. The Balaban J connectivity index is 2.33. The summed E-state index contributed by atoms with van der Waals surface area (Å²) in [5, 5.41) is 1.28. The van der Waals surface area contributed by atoms with E-state index in [1.807, 2.05) is 12.3 Å². The Bertz CT molecular complexity index is 772. The van der Waals surface area contributed by atoms with E-state index >= 15 is 0 Å². The SMILES string of the molecule is Cc1cc(C)c(C)c(-c2sc3ncccc3[n+]2C)c1. The number of hydrogen-bond acceptors (Lipinski definition) is 2. The van der Waals surface area contributed by atoms with Gasteiger partial charge in [0.1, 0.15) is 7.05 Å². The minimum absolute atomic E-state index is 1.10. The van der Waals surface area contributed by atoms with E-state index in [9.17, 15) is 0 Å². The van der Waals surface area contributed by atoms with E-state index in [0.717, 1.165) is 4.83 Å². The summed E-state index contributed by atoms with van der Waals surface area (Å²) in [5.74, 6) is 0. The first kappa shape index (κ1) is 12.3. The Morgan fingerprint density at radius 2 is 1.95 bits per heavy atom. The van der Waals surface area contributed by atoms with Gasteiger partial charge in [-0.15, -0.1) is 0 Å². The van der Waals surface area contributed by atoms with Gasteiger partial charge in [0, 0.05) is 12.3 Å². The molecule has 0 saturated heterocycles. The molecule has 2 nitrogen and oxygen atoms in total. The second kappa shape index (κ2) is 4.42. The highest BCUT2D eigenvalue weighted by molar-refractivity contribution is 7.20. The van der Waals surface area contributed by atoms with Gasteiger partial charge in [-0.1, -0.05) is 6.07 Å². The second-order valence-electron chi connectivity index (χ2n) is 5.05. The van der Waals surface area contributed by atoms with Crippen molar-refractivity contribution in [1.29, 1.82) is 0 Å². The lowest BCUT2D eigenvalue weighted by molar-refractivity contribution is -0.629. The Kier molecular flexibility index (Phi) is 2.86. The molecule has 0 saturated carbocycles. The highest BCUT2D eigenvalue weighted by Crippen LogP contribution is 2.31. The van der Waals surface area contributed by atoms with Crippen LogP contribution in [-0.2, 0) is 7.05 Å². The van der Waals surface area contributed by atoms with Crippen LogP contribution in [-0.4, -0.2) is 4.98 Å². The summed E-state index contributed by atoms with van der Waals surface area (Å²) in [4.78, 5) is 5.56. The number of pyridine rings is 1. The van der Waals surface area contributed by atoms with Crippen LogP contribution in [0.25, 0.3) is 20.9 Å². The van der Waals surface area contributed by atoms with Crippen LogP contribution in [0.1, 0.15) is 16.7 Å². The molecule has 0 aliphatic rings. The summed E-state index contributed by atoms with van der Waals surface area (Å²) in [5.41, 5.74) is 6.53. The van der Waals surface area contributed by atoms with Crippen LogP contribution in [0.3, 0.4) is 0 Å². The first-order valence-corrected chi connectivity index (χ1v) is 7.21. The van der Waals surface area contributed by atoms with E-state index in [1.165, 1.54) is 32.8 Å². The molecule has 0 aliphatic heterocycles. The summed E-state index contributed by atoms with van der Waals surface area (Å²) in [6.45, 7) is 6.53. The fourth-order valence-corrected chi connectivity index (χ4v) is 3.65. The van der Waals surface area contributed by atoms with E-state index < -0.39 is 0 Å². The average Bonchev–Trinajstić information content (AvgIpc) is 2.72. The molecule has 96 valence electrons. The van der Waals surface area contributed by atoms with Gasteiger partial charge in [0.2, 0.25) is 5.52 Å². The lowest BCUT2D eigenvalue weighted by atomic mass is 10.0. The molecule has 1 aromatic carbocycles. The molecular weight excluding hydrogens is 252 g/mol. The highest BCUT2D eigenvalue weighted by Gasteiger charge is 2.21. The van der Waals surface area contributed by atoms with E-state index in [1.54, 1.807) is 11.3 Å². The zero-order valence-electron chi connectivity index (χ0n) is 11.7. The Labute approximate surface area is 117 Å². The van der Waals surface area contributed by atoms with Gasteiger partial charge in [-0.05, 0) is 60.9 Å². The minimum atomic E-state index is 1.10. The quantitative estimate of drug-likeness (QED) is 0.615. The lowest BCUT2D eigenvalue weighted by Gasteiger charge is -2.06. The van der Waals surface area contributed by atoms with Crippen molar-refractivity contribution in [2.45, 2.75) is 20.8 Å². The summed E-state index contributed by atoms with van der Waals surface area (Å²) >= 11 is 1.76. The average molecular weight is 269 g/mol. The molecule has 0 atom stereocenters. The maximum absolute atomic E-state index is 4.46. The maximum atomic E-state index is 4.46. The zero-order valence-corrected chi connectivity index (χ0v) is 12.5. The van der Waals surface area contributed by atoms with Gasteiger partial charge >= 0.3 is 0 Å². The van der Waals surface area contributed by atoms with E-state index in [2.05, 4.69) is 55.6 Å². The number of aromatic nitrogens is 2. The van der Waals surface area contributed by atoms with Crippen molar-refractivity contribution in [1.82, 2.24) is 4.98 Å². The Morgan fingerprint density at radius 1 is 1.16 bits per heavy atom. The number of fused-ring (bicyclic) bond motifs is 1. The van der Waals surface area contributed by atoms with Crippen molar-refractivity contribution in [3.05, 3.63) is 47.2 Å². The fourth-order valence-electron chi connectivity index (χ4n) is 2.48. The van der Waals surface area contributed by atoms with Crippen molar-refractivity contribution >= 4 is 21.7 Å². The number of thiazole rings is 1. The van der Waals surface area contributed by atoms with Gasteiger partial charge in [0.05, 0.1) is 5.56 Å². The predicted octanol–water partition coefficient (Wildman–Crippen LogP) is 3.71. The second-order valence-corrected chi connectivity index (χ2v) is 6.03. The monoisotopic (exact) mass is 269 g/mol. The third-order valence-corrected chi connectivity index (χ3v) is 4.85. The molecule has 0 spiro atoms. The first-order chi connectivity index (χ1) is 9.08. The van der Waals surface area contributed by atoms with Crippen LogP contribution in [0, 0.1) is 20.8 Å². The number of aryl methyl sites for hydroxylation is 3. The van der Waals surface area contributed by atoms with Gasteiger partial charge < -0.3 is 0 Å². The smallest absolute Gasteiger partial charge is 0.239 e. The third-order valence-electron chi connectivity index (χ3n) is 3.65. The number of nitrogens with zero attached hydrogens (tertiary/aromatic N) is 2. The fraction of sp³-hybridized carbons (Fsp3) is 0.250. The molecular formula is C16H17N2S+. The summed E-state index contributed by atoms with van der Waals surface area (Å²) in [6, 6.07) is 8.63. The molecule has 2 heterocycles. The minimum Gasteiger partial charge on any atom is -0.239 e. The number of rotatable bonds is 1. The first-order valence-electron chi connectivity index (χ1n) is 6.39. The van der Waals surface area contributed by atoms with E-state index in [-0.39, 0.29) is 0 Å². The molecule has 3 aromatic rings. The molecule has 3 heteroatoms. The highest BCUT2D eigenvalue weighted by atomic mass is 32.1. The van der Waals surface area contributed by atoms with Gasteiger partial charge in [0.15, 0.2) is 4.83 Å². The van der Waals surface area contributed by atoms with E-state index in [4.69, 9.17) is 0 Å². The summed E-state index contributed by atoms with van der Waals surface area (Å²) in [6.07, 6.45) is 1.86. The molecule has 0 radical (unpaired) electrons. The van der Waals surface area contributed by atoms with Crippen LogP contribution in [0.4, 0.5) is 0 Å². The zero-order chi connectivity index (χ0) is 13.6. The molecule has 0 aliphatic carbocycles. The van der Waals surface area contributed by atoms with Gasteiger partial charge in [-0.2, -0.15) is 4.57 Å². The van der Waals surface area contributed by atoms with Gasteiger partial charge in [-0.3, -0.25) is 0 Å². The molecule has 2 aromatic heterocycles. The topological polar surface area (TPSA) is 16.8 Å². The van der Waals surface area contributed by atoms with Crippen LogP contribution in [0.5, 0.6) is 0 Å². The van der Waals surface area contributed by atoms with Crippen LogP contribution < -0.4 is 4.57 Å². The van der Waals surface area contributed by atoms with Crippen molar-refractivity contribution in [2.75, 3.05) is 0 Å². The van der Waals surface area contributed by atoms with Crippen molar-refractivity contribution in [3.63, 3.8) is 0 Å². The molecule has 19 heavy (non-hydrogen) atoms. The summed E-state index contributed by atoms with van der Waals surface area (Å²) in [7, 11) is 2.12. The van der Waals surface area contributed by atoms with Gasteiger partial charge in [0.25, 0.3) is 5.01 Å². The number of benzene rings is 1. The molecule has 3 rings (SSSR count). The van der Waals surface area contributed by atoms with Crippen LogP contribution >= 0.6 is 11.3 Å². The van der Waals surface area contributed by atoms with Crippen molar-refractivity contribution < 1.29 is 4.57 Å². The van der Waals surface area contributed by atoms with Crippen LogP contribution in [0.15, 0.2) is 30.5 Å². The van der Waals surface area contributed by atoms with Crippen molar-refractivity contribution in [2.24, 2.45) is 7.05 Å². The molecule has 0 N–H and O–H groups in total. The van der Waals surface area contributed by atoms with Crippen LogP contribution in [0.2, 0.25) is 0 Å². The molecule has 0 fully saturated rings. The lowest BCUT2D eigenvalue weighted by Crippen LogP contribution is -2.28. The third kappa shape index (κ3) is 1.94.